The predicted octanol–water partition coefficient (Wildman–Crippen LogP) is 1.23. The van der Waals surface area contributed by atoms with E-state index in [4.69, 9.17) is 22.3 Å². The first-order chi connectivity index (χ1) is 5.77. The Kier molecular flexibility index (Phi) is 2.60. The number of nitrogens with zero attached hydrogens (tertiary/aromatic N) is 3. The van der Waals surface area contributed by atoms with Gasteiger partial charge in [0.15, 0.2) is 18.5 Å². The van der Waals surface area contributed by atoms with Gasteiger partial charge in [0.05, 0.1) is 5.02 Å². The highest BCUT2D eigenvalue weighted by Gasteiger charge is 2.04. The van der Waals surface area contributed by atoms with Gasteiger partial charge in [0.25, 0.3) is 0 Å². The van der Waals surface area contributed by atoms with Crippen LogP contribution in [0.1, 0.15) is 0 Å². The van der Waals surface area contributed by atoms with Crippen LogP contribution < -0.4 is 4.57 Å². The van der Waals surface area contributed by atoms with Crippen LogP contribution >= 0.6 is 11.6 Å². The monoisotopic (exact) mass is 177 g/mol. The van der Waals surface area contributed by atoms with Crippen molar-refractivity contribution in [2.45, 2.75) is 0 Å². The summed E-state index contributed by atoms with van der Waals surface area (Å²) in [5.74, 6) is 1.76. The minimum absolute atomic E-state index is 0.0201. The molecule has 0 spiro atoms. The molecule has 0 bridgehead atoms. The number of aromatic nitrogens is 1. The van der Waals surface area contributed by atoms with E-state index in [1.807, 2.05) is 0 Å². The van der Waals surface area contributed by atoms with E-state index in [1.54, 1.807) is 36.5 Å². The molecule has 12 heavy (non-hydrogen) atoms. The lowest BCUT2D eigenvalue weighted by Gasteiger charge is -1.90. The predicted molar refractivity (Wildman–Crippen MR) is 45.3 cm³/mol. The molecular formula is C8H4ClN3. The molecule has 1 heterocycles. The summed E-state index contributed by atoms with van der Waals surface area (Å²) < 4.78 is 1.41. The fourth-order valence-corrected chi connectivity index (χ4v) is 0.810. The molecule has 1 rings (SSSR count). The number of nitriles is 1. The fourth-order valence-electron chi connectivity index (χ4n) is 0.698. The Hall–Kier alpha value is -1.62. The third-order valence-corrected chi connectivity index (χ3v) is 1.51. The summed E-state index contributed by atoms with van der Waals surface area (Å²) in [5, 5.41) is 17.5. The zero-order valence-electron chi connectivity index (χ0n) is 6.03. The largest absolute Gasteiger partial charge is 0.757 e. The first-order valence-electron chi connectivity index (χ1n) is 3.12. The van der Waals surface area contributed by atoms with E-state index in [0.717, 1.165) is 0 Å². The molecule has 0 unspecified atom stereocenters. The van der Waals surface area contributed by atoms with Crippen LogP contribution in [0, 0.1) is 11.3 Å². The number of allylic oxidation sites excluding steroid dienone is 1. The summed E-state index contributed by atoms with van der Waals surface area (Å²) in [7, 11) is 0. The average Bonchev–Trinajstić information content (AvgIpc) is 2.10. The van der Waals surface area contributed by atoms with E-state index in [9.17, 15) is 0 Å². The Morgan fingerprint density at radius 3 is 2.50 bits per heavy atom. The van der Waals surface area contributed by atoms with Crippen molar-refractivity contribution in [1.82, 2.24) is 0 Å². The van der Waals surface area contributed by atoms with Gasteiger partial charge in [-0.25, -0.2) is 0 Å². The highest BCUT2D eigenvalue weighted by atomic mass is 35.5. The third kappa shape index (κ3) is 1.70. The molecule has 0 aromatic carbocycles. The molecule has 1 aromatic rings. The maximum absolute atomic E-state index is 8.49. The molecule has 0 saturated heterocycles. The lowest BCUT2D eigenvalue weighted by atomic mass is 10.4. The van der Waals surface area contributed by atoms with Crippen LogP contribution in [0.25, 0.3) is 11.1 Å². The van der Waals surface area contributed by atoms with Crippen molar-refractivity contribution in [3.63, 3.8) is 0 Å². The molecule has 0 aliphatic carbocycles. The second-order valence-electron chi connectivity index (χ2n) is 2.00. The zero-order chi connectivity index (χ0) is 8.97. The van der Waals surface area contributed by atoms with E-state index < -0.39 is 0 Å². The van der Waals surface area contributed by atoms with Gasteiger partial charge in [0.2, 0.25) is 0 Å². The van der Waals surface area contributed by atoms with Crippen LogP contribution in [-0.4, -0.2) is 5.87 Å². The van der Waals surface area contributed by atoms with Crippen LogP contribution in [0.2, 0.25) is 5.02 Å². The molecule has 0 amide bonds. The Morgan fingerprint density at radius 2 is 2.08 bits per heavy atom. The Balaban J connectivity index is 3.15. The summed E-state index contributed by atoms with van der Waals surface area (Å²) in [4.78, 5) is 0. The second kappa shape index (κ2) is 3.68. The molecule has 4 heteroatoms. The summed E-state index contributed by atoms with van der Waals surface area (Å²) in [5.41, 5.74) is 0.0201. The van der Waals surface area contributed by atoms with E-state index in [2.05, 4.69) is 0 Å². The van der Waals surface area contributed by atoms with Crippen LogP contribution in [-0.2, 0) is 0 Å². The van der Waals surface area contributed by atoms with E-state index >= 15 is 0 Å². The van der Waals surface area contributed by atoms with Crippen molar-refractivity contribution >= 4 is 23.2 Å². The van der Waals surface area contributed by atoms with E-state index in [1.165, 1.54) is 4.57 Å². The molecule has 0 atom stereocenters. The third-order valence-electron chi connectivity index (χ3n) is 1.26. The second-order valence-corrected chi connectivity index (χ2v) is 2.43. The summed E-state index contributed by atoms with van der Waals surface area (Å²) >= 11 is 5.61. The van der Waals surface area contributed by atoms with Gasteiger partial charge < -0.3 is 5.41 Å². The molecular weight excluding hydrogens is 174 g/mol. The highest BCUT2D eigenvalue weighted by Crippen LogP contribution is 2.02. The molecule has 58 valence electrons. The summed E-state index contributed by atoms with van der Waals surface area (Å²) in [6.07, 6.45) is 3.12. The van der Waals surface area contributed by atoms with Gasteiger partial charge in [-0.05, 0) is 0 Å². The first-order valence-corrected chi connectivity index (χ1v) is 3.50. The normalized spacial score (nSPS) is 8.33. The van der Waals surface area contributed by atoms with Crippen molar-refractivity contribution < 1.29 is 4.57 Å². The number of hydrogen-bond acceptors (Lipinski definition) is 1. The fraction of sp³-hybridized carbons (Fsp3) is 0. The SMILES string of the molecule is N#CC(=C=[N-])[n+]1ccc(Cl)cc1. The number of rotatable bonds is 1. The molecule has 0 saturated carbocycles. The molecule has 0 aliphatic rings. The van der Waals surface area contributed by atoms with Crippen LogP contribution in [0.3, 0.4) is 0 Å². The lowest BCUT2D eigenvalue weighted by molar-refractivity contribution is -0.575. The average molecular weight is 178 g/mol. The van der Waals surface area contributed by atoms with Gasteiger partial charge in [0, 0.05) is 12.1 Å². The van der Waals surface area contributed by atoms with Gasteiger partial charge >= 0.3 is 5.70 Å². The molecule has 0 N–H and O–H groups in total. The van der Waals surface area contributed by atoms with Crippen LogP contribution in [0.5, 0.6) is 0 Å². The number of hydrogen-bond donors (Lipinski definition) is 0. The molecule has 1 aromatic heterocycles. The van der Waals surface area contributed by atoms with Crippen molar-refractivity contribution in [3.05, 3.63) is 35.0 Å². The maximum Gasteiger partial charge on any atom is 0.309 e. The topological polar surface area (TPSA) is 50.0 Å². The quantitative estimate of drug-likeness (QED) is 0.362. The number of pyridine rings is 1. The highest BCUT2D eigenvalue weighted by molar-refractivity contribution is 6.30. The van der Waals surface area contributed by atoms with Crippen molar-refractivity contribution in [1.29, 1.82) is 5.26 Å². The Labute approximate surface area is 74.6 Å². The maximum atomic E-state index is 8.49. The van der Waals surface area contributed by atoms with Gasteiger partial charge in [-0.2, -0.15) is 15.7 Å². The van der Waals surface area contributed by atoms with Gasteiger partial charge in [-0.15, -0.1) is 0 Å². The molecule has 0 aliphatic heterocycles. The zero-order valence-corrected chi connectivity index (χ0v) is 6.78. The summed E-state index contributed by atoms with van der Waals surface area (Å²) in [6, 6.07) is 4.98. The minimum atomic E-state index is 0.0201. The van der Waals surface area contributed by atoms with Gasteiger partial charge in [-0.1, -0.05) is 11.6 Å². The van der Waals surface area contributed by atoms with Crippen LogP contribution in [0.4, 0.5) is 0 Å². The van der Waals surface area contributed by atoms with E-state index in [0.29, 0.717) is 5.02 Å². The molecule has 0 radical (unpaired) electrons. The van der Waals surface area contributed by atoms with Crippen molar-refractivity contribution in [2.75, 3.05) is 0 Å². The molecule has 3 nitrogen and oxygen atoms in total. The Bertz CT molecular complexity index is 368. The standard InChI is InChI=1S/C8H4ClN3/c9-7-1-3-12(4-2-7)8(5-10)6-11/h1-4H. The Morgan fingerprint density at radius 1 is 1.50 bits per heavy atom. The smallest absolute Gasteiger partial charge is 0.309 e. The molecule has 0 fully saturated rings. The van der Waals surface area contributed by atoms with Crippen molar-refractivity contribution in [3.8, 4) is 6.07 Å². The van der Waals surface area contributed by atoms with Gasteiger partial charge in [0.1, 0.15) is 0 Å². The number of halogens is 1. The lowest BCUT2D eigenvalue weighted by Crippen LogP contribution is -2.30. The van der Waals surface area contributed by atoms with Gasteiger partial charge in [-0.3, -0.25) is 0 Å². The minimum Gasteiger partial charge on any atom is -0.757 e. The van der Waals surface area contributed by atoms with E-state index in [-0.39, 0.29) is 5.70 Å². The first kappa shape index (κ1) is 8.48. The van der Waals surface area contributed by atoms with Crippen LogP contribution in [0.15, 0.2) is 24.5 Å². The van der Waals surface area contributed by atoms with Crippen molar-refractivity contribution in [2.24, 2.45) is 0 Å². The summed E-state index contributed by atoms with van der Waals surface area (Å²) in [6.45, 7) is 0.